The Hall–Kier alpha value is -0.360. The van der Waals surface area contributed by atoms with Gasteiger partial charge in [-0.05, 0) is 6.92 Å². The number of nitrogens with zero attached hydrogens (tertiary/aromatic N) is 1. The first-order chi connectivity index (χ1) is 7.16. The van der Waals surface area contributed by atoms with Gasteiger partial charge in [-0.25, -0.2) is 4.79 Å². The number of aromatic nitrogens is 1. The van der Waals surface area contributed by atoms with Crippen LogP contribution in [0.25, 0.3) is 10.6 Å². The van der Waals surface area contributed by atoms with Crippen molar-refractivity contribution in [3.05, 3.63) is 15.6 Å². The van der Waals surface area contributed by atoms with Crippen molar-refractivity contribution in [3.63, 3.8) is 0 Å². The normalized spacial score (nSPS) is 10.9. The Balaban J connectivity index is 2.55. The number of ether oxygens (including phenoxy) is 1. The Morgan fingerprint density at radius 3 is 2.87 bits per heavy atom. The summed E-state index contributed by atoms with van der Waals surface area (Å²) in [5.41, 5.74) is 0.814. The molecule has 1 heterocycles. The van der Waals surface area contributed by atoms with Crippen molar-refractivity contribution in [3.8, 4) is 10.6 Å². The van der Waals surface area contributed by atoms with Crippen LogP contribution in [0.3, 0.4) is 0 Å². The lowest BCUT2D eigenvalue weighted by Gasteiger charge is -1.99. The zero-order valence-electron chi connectivity index (χ0n) is 7.54. The van der Waals surface area contributed by atoms with Gasteiger partial charge in [0.05, 0.1) is 21.5 Å². The van der Waals surface area contributed by atoms with Crippen molar-refractivity contribution in [2.45, 2.75) is 6.92 Å². The summed E-state index contributed by atoms with van der Waals surface area (Å²) >= 11 is 11.9. The van der Waals surface area contributed by atoms with Crippen molar-refractivity contribution < 1.29 is 9.53 Å². The molecule has 3 nitrogen and oxygen atoms in total. The minimum absolute atomic E-state index is 0.233. The van der Waals surface area contributed by atoms with E-state index in [2.05, 4.69) is 4.37 Å². The van der Waals surface area contributed by atoms with Crippen molar-refractivity contribution >= 4 is 50.0 Å². The highest BCUT2D eigenvalue weighted by Crippen LogP contribution is 2.46. The van der Waals surface area contributed by atoms with Crippen molar-refractivity contribution in [1.29, 1.82) is 0 Å². The van der Waals surface area contributed by atoms with Crippen LogP contribution in [0.2, 0.25) is 10.0 Å². The van der Waals surface area contributed by atoms with Crippen LogP contribution in [0.4, 0.5) is 0 Å². The van der Waals surface area contributed by atoms with Gasteiger partial charge in [-0.1, -0.05) is 33.5 Å². The van der Waals surface area contributed by atoms with E-state index in [1.165, 1.54) is 20.9 Å². The van der Waals surface area contributed by atoms with Crippen LogP contribution in [-0.2, 0) is 4.74 Å². The molecule has 1 aliphatic carbocycles. The highest BCUT2D eigenvalue weighted by atomic mass is 35.5. The second kappa shape index (κ2) is 4.25. The number of hydrogen-bond acceptors (Lipinski definition) is 5. The molecule has 0 aromatic carbocycles. The number of esters is 1. The largest absolute Gasteiger partial charge is 0.462 e. The fraction of sp³-hybridized carbons (Fsp3) is 0.250. The highest BCUT2D eigenvalue weighted by molar-refractivity contribution is 7.68. The van der Waals surface area contributed by atoms with Crippen molar-refractivity contribution in [2.75, 3.05) is 6.61 Å². The first-order valence-electron chi connectivity index (χ1n) is 4.06. The van der Waals surface area contributed by atoms with E-state index in [-0.39, 0.29) is 10.6 Å². The molecule has 7 heteroatoms. The molecule has 2 rings (SSSR count). The molecule has 0 radical (unpaired) electrons. The molecule has 15 heavy (non-hydrogen) atoms. The minimum atomic E-state index is -0.475. The molecular formula is C8H5Cl2NO2S2. The quantitative estimate of drug-likeness (QED) is 0.621. The summed E-state index contributed by atoms with van der Waals surface area (Å²) in [5.74, 6) is -0.475. The fourth-order valence-corrected chi connectivity index (χ4v) is 3.81. The molecule has 80 valence electrons. The average Bonchev–Trinajstić information content (AvgIpc) is 2.73. The fourth-order valence-electron chi connectivity index (χ4n) is 1.18. The Morgan fingerprint density at radius 2 is 2.20 bits per heavy atom. The summed E-state index contributed by atoms with van der Waals surface area (Å²) in [6, 6.07) is 0. The summed E-state index contributed by atoms with van der Waals surface area (Å²) < 4.78 is 8.98. The Bertz CT molecular complexity index is 479. The smallest absolute Gasteiger partial charge is 0.342 e. The SMILES string of the molecule is CCOC(=O)c1c2nssc-2c(Cl)c1Cl. The number of halogens is 2. The van der Waals surface area contributed by atoms with Gasteiger partial charge >= 0.3 is 5.97 Å². The maximum absolute atomic E-state index is 11.6. The molecule has 0 amide bonds. The van der Waals surface area contributed by atoms with E-state index in [0.29, 0.717) is 17.3 Å². The standard InChI is InChI=1S/C8H5Cl2NO2S2/c1-2-13-8(12)3-4(9)5(10)7-6(3)11-15-14-7/h2H2,1H3. The van der Waals surface area contributed by atoms with Gasteiger partial charge in [0.1, 0.15) is 11.3 Å². The monoisotopic (exact) mass is 281 g/mol. The Kier molecular flexibility index (Phi) is 3.16. The summed E-state index contributed by atoms with van der Waals surface area (Å²) in [6.07, 6.45) is 0. The number of carbonyl (C=O) groups is 1. The number of fused-ring (bicyclic) bond motifs is 1. The van der Waals surface area contributed by atoms with E-state index in [4.69, 9.17) is 27.9 Å². The molecule has 0 bridgehead atoms. The van der Waals surface area contributed by atoms with E-state index in [1.807, 2.05) is 0 Å². The highest BCUT2D eigenvalue weighted by Gasteiger charge is 2.29. The van der Waals surface area contributed by atoms with Crippen LogP contribution in [0.15, 0.2) is 0 Å². The van der Waals surface area contributed by atoms with Gasteiger partial charge in [-0.3, -0.25) is 0 Å². The predicted molar refractivity (Wildman–Crippen MR) is 62.6 cm³/mol. The van der Waals surface area contributed by atoms with Crippen molar-refractivity contribution in [1.82, 2.24) is 4.37 Å². The lowest BCUT2D eigenvalue weighted by atomic mass is 10.3. The van der Waals surface area contributed by atoms with Gasteiger partial charge in [0.15, 0.2) is 0 Å². The number of hydrogen-bond donors (Lipinski definition) is 0. The molecule has 0 atom stereocenters. The average molecular weight is 282 g/mol. The van der Waals surface area contributed by atoms with Gasteiger partial charge in [0, 0.05) is 10.5 Å². The van der Waals surface area contributed by atoms with Crippen LogP contribution < -0.4 is 0 Å². The van der Waals surface area contributed by atoms with Gasteiger partial charge in [-0.2, -0.15) is 4.37 Å². The number of carbonyl (C=O) groups excluding carboxylic acids is 1. The third-order valence-corrected chi connectivity index (χ3v) is 4.60. The van der Waals surface area contributed by atoms with Crippen LogP contribution >= 0.6 is 44.1 Å². The zero-order valence-corrected chi connectivity index (χ0v) is 10.7. The van der Waals surface area contributed by atoms with E-state index in [0.717, 1.165) is 4.88 Å². The molecule has 2 aliphatic rings. The molecule has 0 aromatic heterocycles. The van der Waals surface area contributed by atoms with Gasteiger partial charge < -0.3 is 4.74 Å². The van der Waals surface area contributed by atoms with Gasteiger partial charge in [-0.15, -0.1) is 0 Å². The Labute approximate surface area is 103 Å². The first kappa shape index (κ1) is 11.1. The van der Waals surface area contributed by atoms with Crippen molar-refractivity contribution in [2.24, 2.45) is 0 Å². The first-order valence-corrected chi connectivity index (χ1v) is 6.92. The number of rotatable bonds is 2. The lowest BCUT2D eigenvalue weighted by molar-refractivity contribution is 0.0527. The summed E-state index contributed by atoms with van der Waals surface area (Å²) in [7, 11) is 2.66. The summed E-state index contributed by atoms with van der Waals surface area (Å²) in [4.78, 5) is 12.3. The maximum Gasteiger partial charge on any atom is 0.342 e. The second-order valence-electron chi connectivity index (χ2n) is 2.65. The van der Waals surface area contributed by atoms with E-state index in [1.54, 1.807) is 6.92 Å². The molecule has 1 aliphatic heterocycles. The van der Waals surface area contributed by atoms with Crippen LogP contribution in [-0.4, -0.2) is 16.9 Å². The molecule has 0 saturated carbocycles. The molecule has 0 spiro atoms. The van der Waals surface area contributed by atoms with Gasteiger partial charge in [0.2, 0.25) is 0 Å². The lowest BCUT2D eigenvalue weighted by Crippen LogP contribution is -2.05. The summed E-state index contributed by atoms with van der Waals surface area (Å²) in [5, 5.41) is 0.616. The van der Waals surface area contributed by atoms with Crippen LogP contribution in [0.1, 0.15) is 17.3 Å². The molecule has 0 saturated heterocycles. The van der Waals surface area contributed by atoms with E-state index >= 15 is 0 Å². The van der Waals surface area contributed by atoms with E-state index in [9.17, 15) is 4.79 Å². The van der Waals surface area contributed by atoms with E-state index < -0.39 is 5.97 Å². The molecule has 0 fully saturated rings. The van der Waals surface area contributed by atoms with Crippen LogP contribution in [0, 0.1) is 0 Å². The Morgan fingerprint density at radius 1 is 1.47 bits per heavy atom. The topological polar surface area (TPSA) is 39.2 Å². The molecule has 0 aromatic rings. The second-order valence-corrected chi connectivity index (χ2v) is 5.26. The third-order valence-electron chi connectivity index (χ3n) is 1.79. The van der Waals surface area contributed by atoms with Crippen LogP contribution in [0.5, 0.6) is 0 Å². The molecule has 0 N–H and O–H groups in total. The molecule has 0 unspecified atom stereocenters. The minimum Gasteiger partial charge on any atom is -0.462 e. The maximum atomic E-state index is 11.6. The predicted octanol–water partition coefficient (Wildman–Crippen LogP) is 3.79. The third kappa shape index (κ3) is 1.73. The molecular weight excluding hydrogens is 277 g/mol. The summed E-state index contributed by atoms with van der Waals surface area (Å²) in [6.45, 7) is 2.03. The zero-order chi connectivity index (χ0) is 11.0. The van der Waals surface area contributed by atoms with Gasteiger partial charge in [0.25, 0.3) is 0 Å².